The topological polar surface area (TPSA) is 51.0 Å². The number of rotatable bonds is 5. The third kappa shape index (κ3) is 4.12. The molecule has 0 saturated carbocycles. The van der Waals surface area contributed by atoms with Gasteiger partial charge < -0.3 is 9.84 Å². The van der Waals surface area contributed by atoms with Crippen molar-refractivity contribution in [1.82, 2.24) is 15.5 Å². The van der Waals surface area contributed by atoms with Crippen LogP contribution < -0.4 is 5.32 Å². The summed E-state index contributed by atoms with van der Waals surface area (Å²) in [7, 11) is 1.91. The van der Waals surface area contributed by atoms with Gasteiger partial charge in [0.1, 0.15) is 0 Å². The van der Waals surface area contributed by atoms with Crippen LogP contribution in [0.25, 0.3) is 11.5 Å². The van der Waals surface area contributed by atoms with Gasteiger partial charge in [0.15, 0.2) is 5.82 Å². The lowest BCUT2D eigenvalue weighted by Gasteiger charge is -2.04. The normalized spacial score (nSPS) is 12.0. The summed E-state index contributed by atoms with van der Waals surface area (Å²) < 4.78 is 5.29. The number of aromatic nitrogens is 2. The number of hydrogen-bond acceptors (Lipinski definition) is 5. The van der Waals surface area contributed by atoms with Crippen molar-refractivity contribution < 1.29 is 4.52 Å². The number of benzene rings is 1. The molecule has 1 atom stereocenters. The summed E-state index contributed by atoms with van der Waals surface area (Å²) in [6.45, 7) is 2.07. The second-order valence-corrected chi connectivity index (χ2v) is 5.54. The minimum Gasteiger partial charge on any atom is -0.334 e. The fourth-order valence-electron chi connectivity index (χ4n) is 1.62. The van der Waals surface area contributed by atoms with Gasteiger partial charge in [0.05, 0.1) is 10.6 Å². The number of thioether (sulfide) groups is 1. The quantitative estimate of drug-likeness (QED) is 0.845. The molecule has 1 N–H and O–H groups in total. The van der Waals surface area contributed by atoms with Gasteiger partial charge in [0.2, 0.25) is 0 Å². The molecule has 1 aromatic heterocycles. The molecular formula is C13H17Cl2N3OS. The smallest absolute Gasteiger partial charge is 0.259 e. The average Bonchev–Trinajstić information content (AvgIpc) is 2.87. The third-order valence-electron chi connectivity index (χ3n) is 2.85. The van der Waals surface area contributed by atoms with Gasteiger partial charge in [-0.15, -0.1) is 24.2 Å². The van der Waals surface area contributed by atoms with Gasteiger partial charge >= 0.3 is 0 Å². The van der Waals surface area contributed by atoms with Crippen molar-refractivity contribution in [2.24, 2.45) is 0 Å². The summed E-state index contributed by atoms with van der Waals surface area (Å²) in [5.74, 6) is 1.15. The van der Waals surface area contributed by atoms with Crippen LogP contribution in [0, 0.1) is 0 Å². The molecule has 0 aliphatic heterocycles. The fourth-order valence-corrected chi connectivity index (χ4v) is 2.26. The molecule has 0 amide bonds. The first-order valence-electron chi connectivity index (χ1n) is 5.97. The molecule has 0 radical (unpaired) electrons. The predicted octanol–water partition coefficient (Wildman–Crippen LogP) is 3.68. The summed E-state index contributed by atoms with van der Waals surface area (Å²) in [5.41, 5.74) is 0.782. The van der Waals surface area contributed by atoms with Crippen LogP contribution in [-0.2, 0) is 6.42 Å². The number of halogens is 2. The van der Waals surface area contributed by atoms with E-state index >= 15 is 0 Å². The van der Waals surface area contributed by atoms with E-state index in [0.29, 0.717) is 22.8 Å². The minimum absolute atomic E-state index is 0. The first kappa shape index (κ1) is 17.3. The second kappa shape index (κ2) is 7.88. The Morgan fingerprint density at radius 2 is 2.20 bits per heavy atom. The van der Waals surface area contributed by atoms with Crippen molar-refractivity contribution in [3.63, 3.8) is 0 Å². The Bertz CT molecular complexity index is 562. The van der Waals surface area contributed by atoms with Crippen LogP contribution in [0.2, 0.25) is 5.02 Å². The largest absolute Gasteiger partial charge is 0.334 e. The molecule has 2 aromatic rings. The zero-order valence-electron chi connectivity index (χ0n) is 11.5. The molecule has 1 heterocycles. The molecule has 0 aliphatic carbocycles. The Morgan fingerprint density at radius 1 is 1.45 bits per heavy atom. The molecule has 0 bridgehead atoms. The highest BCUT2D eigenvalue weighted by molar-refractivity contribution is 7.98. The molecule has 1 aromatic carbocycles. The molecule has 2 rings (SSSR count). The van der Waals surface area contributed by atoms with Crippen LogP contribution in [0.5, 0.6) is 0 Å². The highest BCUT2D eigenvalue weighted by atomic mass is 35.5. The first-order chi connectivity index (χ1) is 9.13. The van der Waals surface area contributed by atoms with Gasteiger partial charge in [0, 0.05) is 17.4 Å². The molecule has 0 aliphatic rings. The number of nitrogens with one attached hydrogen (secondary N) is 1. The van der Waals surface area contributed by atoms with Crippen molar-refractivity contribution in [2.75, 3.05) is 13.3 Å². The monoisotopic (exact) mass is 333 g/mol. The Hall–Kier alpha value is -0.750. The summed E-state index contributed by atoms with van der Waals surface area (Å²) in [6.07, 6.45) is 2.74. The zero-order valence-corrected chi connectivity index (χ0v) is 13.9. The molecule has 1 unspecified atom stereocenters. The summed E-state index contributed by atoms with van der Waals surface area (Å²) in [4.78, 5) is 5.51. The van der Waals surface area contributed by atoms with Crippen LogP contribution in [0.15, 0.2) is 27.6 Å². The maximum Gasteiger partial charge on any atom is 0.259 e. The zero-order chi connectivity index (χ0) is 13.8. The van der Waals surface area contributed by atoms with Gasteiger partial charge in [-0.3, -0.25) is 0 Å². The van der Waals surface area contributed by atoms with Gasteiger partial charge in [-0.25, -0.2) is 0 Å². The molecule has 20 heavy (non-hydrogen) atoms. The molecule has 110 valence electrons. The minimum atomic E-state index is 0. The summed E-state index contributed by atoms with van der Waals surface area (Å²) in [5, 5.41) is 7.75. The number of nitrogens with zero attached hydrogens (tertiary/aromatic N) is 2. The molecule has 4 nitrogen and oxygen atoms in total. The maximum atomic E-state index is 6.18. The van der Waals surface area contributed by atoms with E-state index in [1.807, 2.05) is 31.5 Å². The Morgan fingerprint density at radius 3 is 2.85 bits per heavy atom. The van der Waals surface area contributed by atoms with E-state index in [2.05, 4.69) is 22.4 Å². The van der Waals surface area contributed by atoms with Crippen LogP contribution >= 0.6 is 35.8 Å². The standard InChI is InChI=1S/C13H16ClN3OS.ClH/c1-8(15-2)6-12-16-13(18-17-12)10-7-9(19-3)4-5-11(10)14;/h4-5,7-8,15H,6H2,1-3H3;1H. The van der Waals surface area contributed by atoms with Crippen molar-refractivity contribution in [3.8, 4) is 11.5 Å². The lowest BCUT2D eigenvalue weighted by Crippen LogP contribution is -2.24. The highest BCUT2D eigenvalue weighted by Gasteiger charge is 2.14. The van der Waals surface area contributed by atoms with Crippen molar-refractivity contribution in [2.45, 2.75) is 24.3 Å². The van der Waals surface area contributed by atoms with E-state index in [1.54, 1.807) is 11.8 Å². The Kier molecular flexibility index (Phi) is 6.82. The van der Waals surface area contributed by atoms with E-state index in [9.17, 15) is 0 Å². The Labute approximate surface area is 134 Å². The molecule has 7 heteroatoms. The molecular weight excluding hydrogens is 317 g/mol. The Balaban J connectivity index is 0.00000200. The number of hydrogen-bond donors (Lipinski definition) is 1. The van der Waals surface area contributed by atoms with Crippen molar-refractivity contribution in [1.29, 1.82) is 0 Å². The van der Waals surface area contributed by atoms with Gasteiger partial charge in [-0.1, -0.05) is 16.8 Å². The number of likely N-dealkylation sites (N-methyl/N-ethyl adjacent to an activating group) is 1. The molecule has 0 saturated heterocycles. The van der Waals surface area contributed by atoms with Crippen molar-refractivity contribution in [3.05, 3.63) is 29.0 Å². The van der Waals surface area contributed by atoms with E-state index in [1.165, 1.54) is 0 Å². The predicted molar refractivity (Wildman–Crippen MR) is 86.0 cm³/mol. The van der Waals surface area contributed by atoms with E-state index in [4.69, 9.17) is 16.1 Å². The van der Waals surface area contributed by atoms with Gasteiger partial charge in [0.25, 0.3) is 5.89 Å². The molecule has 0 spiro atoms. The van der Waals surface area contributed by atoms with Gasteiger partial charge in [-0.05, 0) is 38.4 Å². The SMILES string of the molecule is CNC(C)Cc1noc(-c2cc(SC)ccc2Cl)n1.Cl. The average molecular weight is 334 g/mol. The van der Waals surface area contributed by atoms with Crippen LogP contribution in [0.4, 0.5) is 0 Å². The van der Waals surface area contributed by atoms with E-state index in [0.717, 1.165) is 16.9 Å². The first-order valence-corrected chi connectivity index (χ1v) is 7.58. The molecule has 0 fully saturated rings. The third-order valence-corrected chi connectivity index (χ3v) is 3.91. The van der Waals surface area contributed by atoms with Crippen molar-refractivity contribution >= 4 is 35.8 Å². The van der Waals surface area contributed by atoms with Crippen LogP contribution in [0.3, 0.4) is 0 Å². The van der Waals surface area contributed by atoms with Crippen LogP contribution in [0.1, 0.15) is 12.7 Å². The lowest BCUT2D eigenvalue weighted by atomic mass is 10.2. The van der Waals surface area contributed by atoms with Crippen LogP contribution in [-0.4, -0.2) is 29.5 Å². The van der Waals surface area contributed by atoms with E-state index < -0.39 is 0 Å². The van der Waals surface area contributed by atoms with E-state index in [-0.39, 0.29) is 12.4 Å². The summed E-state index contributed by atoms with van der Waals surface area (Å²) >= 11 is 7.83. The fraction of sp³-hybridized carbons (Fsp3) is 0.385. The maximum absolute atomic E-state index is 6.18. The highest BCUT2D eigenvalue weighted by Crippen LogP contribution is 2.30. The second-order valence-electron chi connectivity index (χ2n) is 4.26. The lowest BCUT2D eigenvalue weighted by molar-refractivity contribution is 0.418. The summed E-state index contributed by atoms with van der Waals surface area (Å²) in [6, 6.07) is 6.09. The van der Waals surface area contributed by atoms with Gasteiger partial charge in [-0.2, -0.15) is 4.98 Å².